The lowest BCUT2D eigenvalue weighted by Crippen LogP contribution is -2.57. The van der Waals surface area contributed by atoms with Gasteiger partial charge in [-0.3, -0.25) is 0 Å². The van der Waals surface area contributed by atoms with E-state index >= 15 is 0 Å². The number of rotatable bonds is 13. The maximum absolute atomic E-state index is 13.3. The van der Waals surface area contributed by atoms with Crippen molar-refractivity contribution in [1.29, 1.82) is 0 Å². The van der Waals surface area contributed by atoms with Crippen molar-refractivity contribution in [2.45, 2.75) is 56.2 Å². The van der Waals surface area contributed by atoms with E-state index in [0.29, 0.717) is 21.3 Å². The van der Waals surface area contributed by atoms with E-state index in [2.05, 4.69) is 10.3 Å². The number of carboxylic acid groups (broad SMARTS) is 1. The number of anilines is 1. The van der Waals surface area contributed by atoms with Gasteiger partial charge in [-0.25, -0.2) is 18.2 Å². The Labute approximate surface area is 230 Å². The van der Waals surface area contributed by atoms with Gasteiger partial charge in [-0.05, 0) is 55.3 Å². The fraction of sp³-hybridized carbons (Fsp3) is 0.360. The Bertz CT molecular complexity index is 1350. The molecule has 3 aromatic rings. The van der Waals surface area contributed by atoms with Crippen molar-refractivity contribution < 1.29 is 38.4 Å². The Morgan fingerprint density at radius 3 is 2.36 bits per heavy atom. The topological polar surface area (TPSA) is 196 Å². The van der Waals surface area contributed by atoms with Crippen molar-refractivity contribution >= 4 is 33.1 Å². The molecule has 2 aromatic carbocycles. The summed E-state index contributed by atoms with van der Waals surface area (Å²) in [5.74, 6) is -2.30. The Morgan fingerprint density at radius 2 is 1.82 bits per heavy atom. The molecule has 2 unspecified atom stereocenters. The molecule has 1 aromatic heterocycles. The van der Waals surface area contributed by atoms with Crippen LogP contribution < -0.4 is 15.8 Å². The van der Waals surface area contributed by atoms with Crippen LogP contribution in [0.3, 0.4) is 0 Å². The fourth-order valence-corrected chi connectivity index (χ4v) is 5.92. The summed E-state index contributed by atoms with van der Waals surface area (Å²) in [7, 11) is -4.53. The normalized spacial score (nSPS) is 13.7. The molecule has 7 N–H and O–H groups in total. The minimum absolute atomic E-state index is 0.0230. The van der Waals surface area contributed by atoms with Crippen molar-refractivity contribution in [1.82, 2.24) is 14.6 Å². The number of carbonyl (C=O) groups is 1. The first kappa shape index (κ1) is 30.3. The quantitative estimate of drug-likeness (QED) is 0.128. The van der Waals surface area contributed by atoms with Crippen molar-refractivity contribution in [2.24, 2.45) is 0 Å². The SMILES string of the molecule is CCC(O)(O)N(CC(O)C(Cc1ccc(OCc2csc(C)n2)cc1)NC(=O)O)S(=O)(=O)c1ccc(N)cc1. The number of nitrogens with two attached hydrogens (primary N) is 1. The van der Waals surface area contributed by atoms with E-state index in [4.69, 9.17) is 10.5 Å². The van der Waals surface area contributed by atoms with Crippen molar-refractivity contribution in [3.05, 3.63) is 70.2 Å². The lowest BCUT2D eigenvalue weighted by molar-refractivity contribution is -0.238. The molecule has 0 aliphatic heterocycles. The van der Waals surface area contributed by atoms with Crippen LogP contribution in [0.5, 0.6) is 5.75 Å². The maximum Gasteiger partial charge on any atom is 0.404 e. The Kier molecular flexibility index (Phi) is 9.88. The van der Waals surface area contributed by atoms with E-state index < -0.39 is 47.1 Å². The predicted molar refractivity (Wildman–Crippen MR) is 144 cm³/mol. The highest BCUT2D eigenvalue weighted by atomic mass is 32.2. The van der Waals surface area contributed by atoms with E-state index in [9.17, 15) is 33.6 Å². The van der Waals surface area contributed by atoms with Gasteiger partial charge in [0.15, 0.2) is 0 Å². The van der Waals surface area contributed by atoms with Gasteiger partial charge in [-0.15, -0.1) is 15.6 Å². The summed E-state index contributed by atoms with van der Waals surface area (Å²) < 4.78 is 32.6. The zero-order valence-corrected chi connectivity index (χ0v) is 23.0. The predicted octanol–water partition coefficient (Wildman–Crippen LogP) is 1.89. The molecule has 0 saturated heterocycles. The largest absolute Gasteiger partial charge is 0.487 e. The lowest BCUT2D eigenvalue weighted by atomic mass is 10.0. The van der Waals surface area contributed by atoms with Crippen LogP contribution in [0.4, 0.5) is 10.5 Å². The third kappa shape index (κ3) is 8.11. The van der Waals surface area contributed by atoms with E-state index in [0.717, 1.165) is 10.7 Å². The molecule has 14 heteroatoms. The monoisotopic (exact) mass is 580 g/mol. The smallest absolute Gasteiger partial charge is 0.404 e. The van der Waals surface area contributed by atoms with Gasteiger partial charge in [0.1, 0.15) is 12.4 Å². The first-order valence-corrected chi connectivity index (χ1v) is 14.3. The number of nitrogens with one attached hydrogen (secondary N) is 1. The first-order valence-electron chi connectivity index (χ1n) is 11.9. The van der Waals surface area contributed by atoms with Gasteiger partial charge in [-0.1, -0.05) is 19.1 Å². The molecule has 0 spiro atoms. The van der Waals surface area contributed by atoms with Gasteiger partial charge in [-0.2, -0.15) is 0 Å². The van der Waals surface area contributed by atoms with Crippen molar-refractivity contribution in [3.63, 3.8) is 0 Å². The van der Waals surface area contributed by atoms with Crippen LogP contribution in [-0.2, 0) is 23.1 Å². The number of aliphatic hydroxyl groups excluding tert-OH is 1. The van der Waals surface area contributed by atoms with Gasteiger partial charge in [0, 0.05) is 24.0 Å². The molecular formula is C25H32N4O8S2. The summed E-state index contributed by atoms with van der Waals surface area (Å²) in [5.41, 5.74) is 7.35. The van der Waals surface area contributed by atoms with Crippen LogP contribution in [0.2, 0.25) is 0 Å². The van der Waals surface area contributed by atoms with E-state index in [1.807, 2.05) is 12.3 Å². The summed E-state index contributed by atoms with van der Waals surface area (Å²) in [6, 6.07) is 10.6. The van der Waals surface area contributed by atoms with E-state index in [1.54, 1.807) is 24.3 Å². The van der Waals surface area contributed by atoms with E-state index in [1.165, 1.54) is 42.5 Å². The minimum Gasteiger partial charge on any atom is -0.487 e. The first-order chi connectivity index (χ1) is 18.3. The fourth-order valence-electron chi connectivity index (χ4n) is 3.73. The van der Waals surface area contributed by atoms with E-state index in [-0.39, 0.29) is 17.9 Å². The molecule has 39 heavy (non-hydrogen) atoms. The number of aromatic nitrogens is 1. The Hall–Kier alpha value is -3.27. The second kappa shape index (κ2) is 12.7. The summed E-state index contributed by atoms with van der Waals surface area (Å²) in [5, 5.41) is 46.4. The van der Waals surface area contributed by atoms with Crippen LogP contribution in [-0.4, -0.2) is 68.8 Å². The van der Waals surface area contributed by atoms with Gasteiger partial charge in [0.05, 0.1) is 27.7 Å². The summed E-state index contributed by atoms with van der Waals surface area (Å²) in [6.45, 7) is 2.72. The summed E-state index contributed by atoms with van der Waals surface area (Å²) in [4.78, 5) is 15.5. The third-order valence-electron chi connectivity index (χ3n) is 5.90. The lowest BCUT2D eigenvalue weighted by Gasteiger charge is -2.36. The summed E-state index contributed by atoms with van der Waals surface area (Å²) >= 11 is 1.52. The Balaban J connectivity index is 1.78. The molecule has 0 aliphatic carbocycles. The molecule has 1 amide bonds. The standard InChI is InChI=1S/C25H32N4O8S2/c1-3-25(33,34)29(39(35,36)21-10-6-18(26)7-11-21)13-23(30)22(28-24(31)32)12-17-4-8-20(9-5-17)37-14-19-15-38-16(2)27-19/h4-11,15,22-23,28,30,33-34H,3,12-14,26H2,1-2H3,(H,31,32). The number of sulfonamides is 1. The number of ether oxygens (including phenoxy) is 1. The Morgan fingerprint density at radius 1 is 1.18 bits per heavy atom. The van der Waals surface area contributed by atoms with Gasteiger partial charge in [0.25, 0.3) is 0 Å². The number of nitrogen functional groups attached to an aromatic ring is 1. The van der Waals surface area contributed by atoms with Crippen LogP contribution in [0.1, 0.15) is 29.6 Å². The molecule has 0 radical (unpaired) electrons. The number of hydrogen-bond donors (Lipinski definition) is 6. The third-order valence-corrected chi connectivity index (χ3v) is 8.61. The number of nitrogens with zero attached hydrogens (tertiary/aromatic N) is 2. The molecule has 3 rings (SSSR count). The number of benzene rings is 2. The minimum atomic E-state index is -4.53. The molecule has 0 bridgehead atoms. The number of thiazole rings is 1. The van der Waals surface area contributed by atoms with Crippen molar-refractivity contribution in [3.8, 4) is 5.75 Å². The number of amides is 1. The summed E-state index contributed by atoms with van der Waals surface area (Å²) in [6.07, 6.45) is -3.54. The second-order valence-corrected chi connectivity index (χ2v) is 11.8. The molecule has 1 heterocycles. The number of aryl methyl sites for hydroxylation is 1. The molecule has 212 valence electrons. The molecular weight excluding hydrogens is 548 g/mol. The van der Waals surface area contributed by atoms with Crippen LogP contribution in [0, 0.1) is 6.92 Å². The maximum atomic E-state index is 13.3. The molecule has 0 fully saturated rings. The average Bonchev–Trinajstić information content (AvgIpc) is 3.31. The average molecular weight is 581 g/mol. The van der Waals surface area contributed by atoms with Crippen LogP contribution in [0.15, 0.2) is 58.8 Å². The number of aliphatic hydroxyl groups is 3. The molecule has 0 saturated carbocycles. The van der Waals surface area contributed by atoms with Gasteiger partial charge >= 0.3 is 6.09 Å². The van der Waals surface area contributed by atoms with Crippen LogP contribution >= 0.6 is 11.3 Å². The zero-order valence-electron chi connectivity index (χ0n) is 21.4. The molecule has 12 nitrogen and oxygen atoms in total. The number of hydrogen-bond acceptors (Lipinski definition) is 10. The molecule has 2 atom stereocenters. The highest BCUT2D eigenvalue weighted by molar-refractivity contribution is 7.89. The van der Waals surface area contributed by atoms with Gasteiger partial charge in [0.2, 0.25) is 15.9 Å². The molecule has 0 aliphatic rings. The second-order valence-electron chi connectivity index (χ2n) is 8.85. The van der Waals surface area contributed by atoms with Crippen molar-refractivity contribution in [2.75, 3.05) is 12.3 Å². The van der Waals surface area contributed by atoms with Gasteiger partial charge < -0.3 is 36.2 Å². The highest BCUT2D eigenvalue weighted by Crippen LogP contribution is 2.26. The zero-order chi connectivity index (χ0) is 28.8. The highest BCUT2D eigenvalue weighted by Gasteiger charge is 2.42. The van der Waals surface area contributed by atoms with Crippen LogP contribution in [0.25, 0.3) is 0 Å².